The SMILES string of the molecule is NCc1ccc(-c2cc(-c3ccccc3)nc(-c3ccccn3)c2)cc1. The molecule has 0 aliphatic rings. The summed E-state index contributed by atoms with van der Waals surface area (Å²) >= 11 is 0. The first-order valence-corrected chi connectivity index (χ1v) is 8.62. The van der Waals surface area contributed by atoms with E-state index in [0.717, 1.165) is 39.3 Å². The summed E-state index contributed by atoms with van der Waals surface area (Å²) in [7, 11) is 0. The second-order valence-electron chi connectivity index (χ2n) is 6.11. The van der Waals surface area contributed by atoms with Gasteiger partial charge in [-0.3, -0.25) is 4.98 Å². The molecule has 0 fully saturated rings. The summed E-state index contributed by atoms with van der Waals surface area (Å²) in [5, 5.41) is 0. The van der Waals surface area contributed by atoms with Gasteiger partial charge >= 0.3 is 0 Å². The van der Waals surface area contributed by atoms with Gasteiger partial charge in [0.25, 0.3) is 0 Å². The van der Waals surface area contributed by atoms with Gasteiger partial charge in [0.1, 0.15) is 0 Å². The average molecular weight is 337 g/mol. The maximum absolute atomic E-state index is 5.72. The number of rotatable bonds is 4. The van der Waals surface area contributed by atoms with Crippen LogP contribution in [-0.2, 0) is 6.54 Å². The molecule has 0 unspecified atom stereocenters. The molecule has 2 aromatic carbocycles. The molecule has 0 amide bonds. The topological polar surface area (TPSA) is 51.8 Å². The fraction of sp³-hybridized carbons (Fsp3) is 0.0435. The highest BCUT2D eigenvalue weighted by molar-refractivity contribution is 5.75. The van der Waals surface area contributed by atoms with Crippen LogP contribution in [0.25, 0.3) is 33.8 Å². The smallest absolute Gasteiger partial charge is 0.0899 e. The molecule has 4 rings (SSSR count). The fourth-order valence-corrected chi connectivity index (χ4v) is 2.93. The van der Waals surface area contributed by atoms with Crippen molar-refractivity contribution >= 4 is 0 Å². The zero-order valence-electron chi connectivity index (χ0n) is 14.3. The van der Waals surface area contributed by atoms with E-state index in [0.29, 0.717) is 6.54 Å². The van der Waals surface area contributed by atoms with Gasteiger partial charge in [-0.2, -0.15) is 0 Å². The largest absolute Gasteiger partial charge is 0.326 e. The van der Waals surface area contributed by atoms with Crippen molar-refractivity contribution < 1.29 is 0 Å². The molecular weight excluding hydrogens is 318 g/mol. The zero-order valence-corrected chi connectivity index (χ0v) is 14.3. The first-order valence-electron chi connectivity index (χ1n) is 8.62. The number of nitrogens with zero attached hydrogens (tertiary/aromatic N) is 2. The number of nitrogens with two attached hydrogens (primary N) is 1. The van der Waals surface area contributed by atoms with Gasteiger partial charge in [0.05, 0.1) is 17.1 Å². The molecule has 2 aromatic heterocycles. The molecule has 0 bridgehead atoms. The van der Waals surface area contributed by atoms with E-state index >= 15 is 0 Å². The van der Waals surface area contributed by atoms with Crippen LogP contribution >= 0.6 is 0 Å². The molecule has 3 heteroatoms. The Kier molecular flexibility index (Phi) is 4.54. The van der Waals surface area contributed by atoms with Gasteiger partial charge in [-0.1, -0.05) is 60.7 Å². The average Bonchev–Trinajstić information content (AvgIpc) is 2.75. The number of pyridine rings is 2. The highest BCUT2D eigenvalue weighted by Gasteiger charge is 2.09. The van der Waals surface area contributed by atoms with Crippen molar-refractivity contribution in [2.24, 2.45) is 5.73 Å². The summed E-state index contributed by atoms with van der Waals surface area (Å²) in [6.07, 6.45) is 1.79. The van der Waals surface area contributed by atoms with Crippen LogP contribution in [0.1, 0.15) is 5.56 Å². The lowest BCUT2D eigenvalue weighted by atomic mass is 10.0. The van der Waals surface area contributed by atoms with E-state index in [1.807, 2.05) is 36.4 Å². The molecule has 126 valence electrons. The summed E-state index contributed by atoms with van der Waals surface area (Å²) in [5.74, 6) is 0. The van der Waals surface area contributed by atoms with Crippen LogP contribution in [0.15, 0.2) is 91.1 Å². The van der Waals surface area contributed by atoms with Crippen molar-refractivity contribution in [3.8, 4) is 33.8 Å². The third-order valence-electron chi connectivity index (χ3n) is 4.35. The van der Waals surface area contributed by atoms with Crippen LogP contribution in [0, 0.1) is 0 Å². The van der Waals surface area contributed by atoms with E-state index < -0.39 is 0 Å². The second-order valence-corrected chi connectivity index (χ2v) is 6.11. The molecule has 0 radical (unpaired) electrons. The zero-order chi connectivity index (χ0) is 17.8. The van der Waals surface area contributed by atoms with Crippen molar-refractivity contribution in [2.75, 3.05) is 0 Å². The highest BCUT2D eigenvalue weighted by Crippen LogP contribution is 2.29. The van der Waals surface area contributed by atoms with Crippen molar-refractivity contribution in [3.05, 3.63) is 96.7 Å². The second kappa shape index (κ2) is 7.30. The molecule has 0 aliphatic heterocycles. The van der Waals surface area contributed by atoms with E-state index in [2.05, 4.69) is 53.5 Å². The predicted molar refractivity (Wildman–Crippen MR) is 106 cm³/mol. The molecule has 3 nitrogen and oxygen atoms in total. The standard InChI is InChI=1S/C23H19N3/c24-16-17-9-11-18(12-10-17)20-14-22(19-6-2-1-3-7-19)26-23(15-20)21-8-4-5-13-25-21/h1-15H,16,24H2. The van der Waals surface area contributed by atoms with Crippen LogP contribution in [0.5, 0.6) is 0 Å². The van der Waals surface area contributed by atoms with E-state index in [-0.39, 0.29) is 0 Å². The van der Waals surface area contributed by atoms with E-state index in [9.17, 15) is 0 Å². The number of hydrogen-bond acceptors (Lipinski definition) is 3. The van der Waals surface area contributed by atoms with Crippen molar-refractivity contribution in [3.63, 3.8) is 0 Å². The molecular formula is C23H19N3. The quantitative estimate of drug-likeness (QED) is 0.574. The van der Waals surface area contributed by atoms with Gasteiger partial charge in [-0.15, -0.1) is 0 Å². The maximum Gasteiger partial charge on any atom is 0.0899 e. The Morgan fingerprint density at radius 3 is 2.04 bits per heavy atom. The van der Waals surface area contributed by atoms with E-state index in [4.69, 9.17) is 10.7 Å². The third kappa shape index (κ3) is 3.39. The van der Waals surface area contributed by atoms with Gasteiger partial charge in [0.2, 0.25) is 0 Å². The summed E-state index contributed by atoms with van der Waals surface area (Å²) in [5.41, 5.74) is 12.8. The van der Waals surface area contributed by atoms with Gasteiger partial charge in [0, 0.05) is 18.3 Å². The molecule has 2 heterocycles. The Morgan fingerprint density at radius 2 is 1.35 bits per heavy atom. The van der Waals surface area contributed by atoms with Gasteiger partial charge in [-0.05, 0) is 41.0 Å². The van der Waals surface area contributed by atoms with Crippen LogP contribution < -0.4 is 5.73 Å². The highest BCUT2D eigenvalue weighted by atomic mass is 14.8. The Bertz CT molecular complexity index is 937. The molecule has 0 atom stereocenters. The number of hydrogen-bond donors (Lipinski definition) is 1. The Balaban J connectivity index is 1.87. The molecule has 0 aliphatic carbocycles. The molecule has 0 spiro atoms. The van der Waals surface area contributed by atoms with Crippen LogP contribution in [0.4, 0.5) is 0 Å². The lowest BCUT2D eigenvalue weighted by Gasteiger charge is -2.10. The monoisotopic (exact) mass is 337 g/mol. The van der Waals surface area contributed by atoms with Crippen LogP contribution in [-0.4, -0.2) is 9.97 Å². The Labute approximate surface area is 153 Å². The number of aromatic nitrogens is 2. The fourth-order valence-electron chi connectivity index (χ4n) is 2.93. The Hall–Kier alpha value is -3.30. The normalized spacial score (nSPS) is 10.7. The first kappa shape index (κ1) is 16.2. The summed E-state index contributed by atoms with van der Waals surface area (Å²) in [6.45, 7) is 0.547. The molecule has 4 aromatic rings. The number of benzene rings is 2. The van der Waals surface area contributed by atoms with Gasteiger partial charge in [-0.25, -0.2) is 4.98 Å². The van der Waals surface area contributed by atoms with Crippen molar-refractivity contribution in [1.29, 1.82) is 0 Å². The minimum Gasteiger partial charge on any atom is -0.326 e. The summed E-state index contributed by atoms with van der Waals surface area (Å²) in [6, 6.07) is 28.7. The van der Waals surface area contributed by atoms with E-state index in [1.54, 1.807) is 6.20 Å². The van der Waals surface area contributed by atoms with Crippen molar-refractivity contribution in [1.82, 2.24) is 9.97 Å². The van der Waals surface area contributed by atoms with Gasteiger partial charge in [0.15, 0.2) is 0 Å². The molecule has 26 heavy (non-hydrogen) atoms. The minimum absolute atomic E-state index is 0.547. The third-order valence-corrected chi connectivity index (χ3v) is 4.35. The van der Waals surface area contributed by atoms with Crippen molar-refractivity contribution in [2.45, 2.75) is 6.54 Å². The predicted octanol–water partition coefficient (Wildman–Crippen LogP) is 4.94. The maximum atomic E-state index is 5.72. The Morgan fingerprint density at radius 1 is 0.615 bits per heavy atom. The minimum atomic E-state index is 0.547. The molecule has 2 N–H and O–H groups in total. The summed E-state index contributed by atoms with van der Waals surface area (Å²) in [4.78, 5) is 9.32. The van der Waals surface area contributed by atoms with Crippen LogP contribution in [0.2, 0.25) is 0 Å². The molecule has 0 saturated carbocycles. The first-order chi connectivity index (χ1) is 12.8. The van der Waals surface area contributed by atoms with E-state index in [1.165, 1.54) is 0 Å². The summed E-state index contributed by atoms with van der Waals surface area (Å²) < 4.78 is 0. The lowest BCUT2D eigenvalue weighted by molar-refractivity contribution is 1.07. The van der Waals surface area contributed by atoms with Gasteiger partial charge < -0.3 is 5.73 Å². The van der Waals surface area contributed by atoms with Crippen LogP contribution in [0.3, 0.4) is 0 Å². The lowest BCUT2D eigenvalue weighted by Crippen LogP contribution is -1.96. The molecule has 0 saturated heterocycles.